The average molecular weight is 386 g/mol. The first-order valence-electron chi connectivity index (χ1n) is 9.84. The zero-order valence-electron chi connectivity index (χ0n) is 16.7. The molecule has 0 unspecified atom stereocenters. The van der Waals surface area contributed by atoms with Crippen LogP contribution in [-0.2, 0) is 12.0 Å². The zero-order valence-corrected chi connectivity index (χ0v) is 16.7. The third-order valence-corrected chi connectivity index (χ3v) is 4.96. The number of aromatic amines is 1. The molecule has 0 saturated heterocycles. The van der Waals surface area contributed by atoms with Gasteiger partial charge in [-0.25, -0.2) is 0 Å². The van der Waals surface area contributed by atoms with Crippen molar-refractivity contribution >= 4 is 28.0 Å². The Bertz CT molecular complexity index is 1090. The van der Waals surface area contributed by atoms with Crippen LogP contribution in [0.3, 0.4) is 0 Å². The van der Waals surface area contributed by atoms with Gasteiger partial charge in [-0.1, -0.05) is 18.2 Å². The second-order valence-corrected chi connectivity index (χ2v) is 7.73. The monoisotopic (exact) mass is 386 g/mol. The lowest BCUT2D eigenvalue weighted by Gasteiger charge is -2.17. The molecule has 0 aliphatic rings. The lowest BCUT2D eigenvalue weighted by molar-refractivity contribution is 0.0739. The maximum Gasteiger partial charge on any atom is 0.101 e. The second kappa shape index (κ2) is 7.97. The molecule has 4 aromatic rings. The third kappa shape index (κ3) is 4.58. The molecule has 0 bridgehead atoms. The number of aromatic nitrogens is 2. The quantitative estimate of drug-likeness (QED) is 0.353. The van der Waals surface area contributed by atoms with Crippen LogP contribution in [0.5, 0.6) is 0 Å². The van der Waals surface area contributed by atoms with Gasteiger partial charge in [0.05, 0.1) is 5.69 Å². The Morgan fingerprint density at radius 1 is 0.966 bits per heavy atom. The molecule has 0 radical (unpaired) electrons. The highest BCUT2D eigenvalue weighted by atomic mass is 16.3. The van der Waals surface area contributed by atoms with Gasteiger partial charge in [-0.15, -0.1) is 0 Å². The van der Waals surface area contributed by atoms with Crippen LogP contribution in [0.25, 0.3) is 10.9 Å². The number of nitrogens with one attached hydrogen (secondary N) is 3. The number of pyridine rings is 1. The summed E-state index contributed by atoms with van der Waals surface area (Å²) >= 11 is 0. The van der Waals surface area contributed by atoms with Crippen molar-refractivity contribution in [1.29, 1.82) is 0 Å². The van der Waals surface area contributed by atoms with Crippen molar-refractivity contribution < 1.29 is 5.11 Å². The molecule has 2 heterocycles. The summed E-state index contributed by atoms with van der Waals surface area (Å²) in [5, 5.41) is 18.3. The standard InChI is InChI=1S/C24H26N4O/c1-24(2,29)23-15-20(12-14-26-23)28-19-9-7-18(8-10-19)25-13-11-17-16-27-22-6-4-3-5-21(17)22/h3-10,12,14-16,25,27,29H,11,13H2,1-2H3,(H,26,28). The van der Waals surface area contributed by atoms with Gasteiger partial charge < -0.3 is 20.7 Å². The smallest absolute Gasteiger partial charge is 0.101 e. The number of anilines is 3. The number of nitrogens with zero attached hydrogens (tertiary/aromatic N) is 1. The molecular formula is C24H26N4O. The van der Waals surface area contributed by atoms with Crippen molar-refractivity contribution in [3.8, 4) is 0 Å². The van der Waals surface area contributed by atoms with Crippen molar-refractivity contribution in [1.82, 2.24) is 9.97 Å². The van der Waals surface area contributed by atoms with E-state index >= 15 is 0 Å². The fourth-order valence-corrected chi connectivity index (χ4v) is 3.36. The van der Waals surface area contributed by atoms with Gasteiger partial charge in [0.15, 0.2) is 0 Å². The number of rotatable bonds is 7. The van der Waals surface area contributed by atoms with Gasteiger partial charge in [-0.05, 0) is 68.3 Å². The van der Waals surface area contributed by atoms with E-state index in [0.717, 1.165) is 30.0 Å². The highest BCUT2D eigenvalue weighted by molar-refractivity contribution is 5.83. The Hall–Kier alpha value is -3.31. The first-order valence-corrected chi connectivity index (χ1v) is 9.84. The minimum Gasteiger partial charge on any atom is -0.385 e. The Morgan fingerprint density at radius 2 is 1.72 bits per heavy atom. The molecule has 0 aliphatic carbocycles. The van der Waals surface area contributed by atoms with Crippen LogP contribution < -0.4 is 10.6 Å². The van der Waals surface area contributed by atoms with Gasteiger partial charge in [0, 0.05) is 46.9 Å². The zero-order chi connectivity index (χ0) is 20.3. The van der Waals surface area contributed by atoms with E-state index in [1.54, 1.807) is 20.0 Å². The van der Waals surface area contributed by atoms with Crippen LogP contribution in [0, 0.1) is 0 Å². The summed E-state index contributed by atoms with van der Waals surface area (Å²) in [5.41, 5.74) is 5.15. The summed E-state index contributed by atoms with van der Waals surface area (Å²) in [6.45, 7) is 4.33. The van der Waals surface area contributed by atoms with Crippen molar-refractivity contribution in [3.63, 3.8) is 0 Å². The molecule has 0 amide bonds. The molecule has 4 N–H and O–H groups in total. The Balaban J connectivity index is 1.35. The van der Waals surface area contributed by atoms with Gasteiger partial charge >= 0.3 is 0 Å². The Morgan fingerprint density at radius 3 is 2.52 bits per heavy atom. The van der Waals surface area contributed by atoms with E-state index in [1.807, 2.05) is 30.3 Å². The lowest BCUT2D eigenvalue weighted by atomic mass is 10.0. The topological polar surface area (TPSA) is 73.0 Å². The fourth-order valence-electron chi connectivity index (χ4n) is 3.36. The maximum atomic E-state index is 10.1. The third-order valence-electron chi connectivity index (χ3n) is 4.96. The highest BCUT2D eigenvalue weighted by Crippen LogP contribution is 2.24. The first-order chi connectivity index (χ1) is 14.0. The minimum atomic E-state index is -0.962. The Kier molecular flexibility index (Phi) is 5.23. The summed E-state index contributed by atoms with van der Waals surface area (Å²) in [4.78, 5) is 7.56. The Labute approximate surface area is 170 Å². The summed E-state index contributed by atoms with van der Waals surface area (Å²) in [5.74, 6) is 0. The molecule has 0 saturated carbocycles. The predicted octanol–water partition coefficient (Wildman–Crippen LogP) is 5.19. The van der Waals surface area contributed by atoms with E-state index in [9.17, 15) is 5.11 Å². The van der Waals surface area contributed by atoms with Crippen molar-refractivity contribution in [2.45, 2.75) is 25.9 Å². The van der Waals surface area contributed by atoms with Crippen molar-refractivity contribution in [3.05, 3.63) is 84.3 Å². The van der Waals surface area contributed by atoms with E-state index in [2.05, 4.69) is 57.1 Å². The molecule has 29 heavy (non-hydrogen) atoms. The van der Waals surface area contributed by atoms with Gasteiger partial charge in [0.25, 0.3) is 0 Å². The van der Waals surface area contributed by atoms with Crippen LogP contribution in [0.4, 0.5) is 17.1 Å². The molecular weight excluding hydrogens is 360 g/mol. The summed E-state index contributed by atoms with van der Waals surface area (Å²) in [6.07, 6.45) is 4.76. The lowest BCUT2D eigenvalue weighted by Crippen LogP contribution is -2.17. The molecule has 0 atom stereocenters. The number of fused-ring (bicyclic) bond motifs is 1. The molecule has 148 valence electrons. The average Bonchev–Trinajstić information content (AvgIpc) is 3.12. The summed E-state index contributed by atoms with van der Waals surface area (Å²) in [7, 11) is 0. The normalized spacial score (nSPS) is 11.6. The number of hydrogen-bond acceptors (Lipinski definition) is 4. The molecule has 5 heteroatoms. The molecule has 2 aromatic carbocycles. The van der Waals surface area contributed by atoms with Crippen LogP contribution in [0.1, 0.15) is 25.1 Å². The van der Waals surface area contributed by atoms with Crippen molar-refractivity contribution in [2.75, 3.05) is 17.2 Å². The predicted molar refractivity (Wildman–Crippen MR) is 120 cm³/mol. The summed E-state index contributed by atoms with van der Waals surface area (Å²) in [6, 6.07) is 20.4. The molecule has 0 spiro atoms. The van der Waals surface area contributed by atoms with Crippen LogP contribution in [-0.4, -0.2) is 21.6 Å². The minimum absolute atomic E-state index is 0.637. The number of benzene rings is 2. The van der Waals surface area contributed by atoms with E-state index in [1.165, 1.54) is 16.5 Å². The van der Waals surface area contributed by atoms with Crippen LogP contribution >= 0.6 is 0 Å². The van der Waals surface area contributed by atoms with E-state index in [-0.39, 0.29) is 0 Å². The van der Waals surface area contributed by atoms with Crippen LogP contribution in [0.2, 0.25) is 0 Å². The molecule has 0 aliphatic heterocycles. The van der Waals surface area contributed by atoms with E-state index in [0.29, 0.717) is 5.69 Å². The molecule has 5 nitrogen and oxygen atoms in total. The number of aliphatic hydroxyl groups is 1. The van der Waals surface area contributed by atoms with Gasteiger partial charge in [-0.2, -0.15) is 0 Å². The number of hydrogen-bond donors (Lipinski definition) is 4. The molecule has 2 aromatic heterocycles. The van der Waals surface area contributed by atoms with Gasteiger partial charge in [0.1, 0.15) is 5.60 Å². The second-order valence-electron chi connectivity index (χ2n) is 7.73. The largest absolute Gasteiger partial charge is 0.385 e. The van der Waals surface area contributed by atoms with E-state index in [4.69, 9.17) is 0 Å². The fraction of sp³-hybridized carbons (Fsp3) is 0.208. The van der Waals surface area contributed by atoms with Crippen LogP contribution in [0.15, 0.2) is 73.1 Å². The van der Waals surface area contributed by atoms with E-state index < -0.39 is 5.60 Å². The number of para-hydroxylation sites is 1. The van der Waals surface area contributed by atoms with Gasteiger partial charge in [0.2, 0.25) is 0 Å². The SMILES string of the molecule is CC(C)(O)c1cc(Nc2ccc(NCCc3c[nH]c4ccccc34)cc2)ccn1. The highest BCUT2D eigenvalue weighted by Gasteiger charge is 2.17. The van der Waals surface area contributed by atoms with Crippen molar-refractivity contribution in [2.24, 2.45) is 0 Å². The summed E-state index contributed by atoms with van der Waals surface area (Å²) < 4.78 is 0. The number of H-pyrrole nitrogens is 1. The molecule has 0 fully saturated rings. The van der Waals surface area contributed by atoms with Gasteiger partial charge in [-0.3, -0.25) is 4.98 Å². The molecule has 4 rings (SSSR count). The maximum absolute atomic E-state index is 10.1. The first kappa shape index (κ1) is 19.0.